The Morgan fingerprint density at radius 1 is 0.700 bits per heavy atom. The number of fused-ring (bicyclic) bond motifs is 2. The van der Waals surface area contributed by atoms with Gasteiger partial charge in [-0.2, -0.15) is 0 Å². The number of hydrogen-bond donors (Lipinski definition) is 1. The third-order valence-corrected chi connectivity index (χ3v) is 7.61. The van der Waals surface area contributed by atoms with Gasteiger partial charge in [-0.3, -0.25) is 10.1 Å². The molecule has 0 saturated heterocycles. The number of nitrogens with two attached hydrogens (primary N) is 1. The van der Waals surface area contributed by atoms with Crippen LogP contribution < -0.4 is 5.73 Å². The highest BCUT2D eigenvalue weighted by molar-refractivity contribution is 6.33. The Morgan fingerprint density at radius 2 is 1.18 bits per heavy atom. The van der Waals surface area contributed by atoms with Crippen LogP contribution in [0.2, 0.25) is 10.0 Å². The van der Waals surface area contributed by atoms with Gasteiger partial charge >= 0.3 is 0 Å². The highest BCUT2D eigenvalue weighted by Gasteiger charge is 2.15. The fraction of sp³-hybridized carbons (Fsp3) is 0.125. The zero-order valence-electron chi connectivity index (χ0n) is 22.1. The molecule has 0 radical (unpaired) electrons. The lowest BCUT2D eigenvalue weighted by molar-refractivity contribution is -0.384. The molecule has 0 aliphatic rings. The second-order valence-corrected chi connectivity index (χ2v) is 10.1. The summed E-state index contributed by atoms with van der Waals surface area (Å²) < 4.78 is 4.37. The lowest BCUT2D eigenvalue weighted by Crippen LogP contribution is -1.97. The molecular formula is C32H28Cl2N4O2. The van der Waals surface area contributed by atoms with Crippen molar-refractivity contribution in [2.24, 2.45) is 0 Å². The monoisotopic (exact) mass is 570 g/mol. The van der Waals surface area contributed by atoms with Crippen LogP contribution in [0.15, 0.2) is 97.1 Å². The molecular weight excluding hydrogens is 543 g/mol. The fourth-order valence-corrected chi connectivity index (χ4v) is 5.59. The predicted molar refractivity (Wildman–Crippen MR) is 167 cm³/mol. The van der Waals surface area contributed by atoms with Crippen LogP contribution in [0, 0.1) is 10.1 Å². The summed E-state index contributed by atoms with van der Waals surface area (Å²) in [5.74, 6) is 0. The van der Waals surface area contributed by atoms with Gasteiger partial charge in [0, 0.05) is 73.9 Å². The van der Waals surface area contributed by atoms with E-state index in [1.165, 1.54) is 11.6 Å². The highest BCUT2D eigenvalue weighted by Crippen LogP contribution is 2.35. The summed E-state index contributed by atoms with van der Waals surface area (Å²) >= 11 is 12.6. The summed E-state index contributed by atoms with van der Waals surface area (Å²) in [6.07, 6.45) is 0. The first-order chi connectivity index (χ1) is 19.3. The van der Waals surface area contributed by atoms with Gasteiger partial charge in [-0.25, -0.2) is 0 Å². The first kappa shape index (κ1) is 27.3. The van der Waals surface area contributed by atoms with Crippen molar-refractivity contribution in [1.82, 2.24) is 9.13 Å². The van der Waals surface area contributed by atoms with Crippen molar-refractivity contribution >= 4 is 56.4 Å². The molecule has 0 spiro atoms. The Balaban J connectivity index is 0.000000162. The number of nitrogens with zero attached hydrogens (tertiary/aromatic N) is 3. The fourth-order valence-electron chi connectivity index (χ4n) is 5.13. The van der Waals surface area contributed by atoms with E-state index in [2.05, 4.69) is 28.2 Å². The molecule has 2 heterocycles. The van der Waals surface area contributed by atoms with Crippen LogP contribution in [0.5, 0.6) is 0 Å². The number of benzene rings is 4. The molecule has 6 nitrogen and oxygen atoms in total. The van der Waals surface area contributed by atoms with Crippen molar-refractivity contribution in [2.75, 3.05) is 5.73 Å². The minimum absolute atomic E-state index is 0.0986. The molecule has 0 aliphatic heterocycles. The molecule has 6 aromatic rings. The van der Waals surface area contributed by atoms with Crippen LogP contribution in [0.25, 0.3) is 44.3 Å². The molecule has 4 aromatic carbocycles. The average Bonchev–Trinajstić information content (AvgIpc) is 3.50. The van der Waals surface area contributed by atoms with Crippen molar-refractivity contribution < 1.29 is 4.92 Å². The maximum atomic E-state index is 10.9. The number of nitrogen functional groups attached to an aromatic ring is 1. The number of rotatable bonds is 5. The van der Waals surface area contributed by atoms with Crippen LogP contribution in [-0.2, 0) is 13.1 Å². The Morgan fingerprint density at radius 3 is 1.65 bits per heavy atom. The van der Waals surface area contributed by atoms with Crippen LogP contribution in [0.1, 0.15) is 13.8 Å². The lowest BCUT2D eigenvalue weighted by atomic mass is 10.1. The predicted octanol–water partition coefficient (Wildman–Crippen LogP) is 9.45. The van der Waals surface area contributed by atoms with Crippen molar-refractivity contribution in [3.63, 3.8) is 0 Å². The third-order valence-electron chi connectivity index (χ3n) is 6.95. The number of hydrogen-bond acceptors (Lipinski definition) is 3. The highest BCUT2D eigenvalue weighted by atomic mass is 35.5. The molecule has 202 valence electrons. The molecule has 40 heavy (non-hydrogen) atoms. The number of nitro groups is 1. The lowest BCUT2D eigenvalue weighted by Gasteiger charge is -2.09. The number of nitro benzene ring substituents is 1. The van der Waals surface area contributed by atoms with Gasteiger partial charge in [0.15, 0.2) is 0 Å². The van der Waals surface area contributed by atoms with Gasteiger partial charge in [-0.1, -0.05) is 59.6 Å². The number of anilines is 1. The summed E-state index contributed by atoms with van der Waals surface area (Å²) in [6.45, 7) is 5.84. The molecule has 0 fully saturated rings. The second kappa shape index (κ2) is 11.5. The molecule has 0 bridgehead atoms. The Labute approximate surface area is 242 Å². The van der Waals surface area contributed by atoms with Crippen LogP contribution in [-0.4, -0.2) is 14.1 Å². The Kier molecular flexibility index (Phi) is 7.83. The molecule has 0 atom stereocenters. The van der Waals surface area contributed by atoms with Crippen molar-refractivity contribution in [1.29, 1.82) is 0 Å². The minimum atomic E-state index is -0.377. The van der Waals surface area contributed by atoms with E-state index in [-0.39, 0.29) is 10.6 Å². The number of non-ortho nitro benzene ring substituents is 1. The molecule has 0 aliphatic carbocycles. The van der Waals surface area contributed by atoms with E-state index in [9.17, 15) is 10.1 Å². The van der Waals surface area contributed by atoms with Crippen molar-refractivity contribution in [3.05, 3.63) is 117 Å². The van der Waals surface area contributed by atoms with E-state index in [0.29, 0.717) is 5.02 Å². The smallest absolute Gasteiger partial charge is 0.270 e. The Hall–Kier alpha value is -4.26. The van der Waals surface area contributed by atoms with Crippen LogP contribution >= 0.6 is 23.2 Å². The SMILES string of the molecule is CCn1c(-c2ccccc2Cl)cc2cc(N)ccc21.CCn1c(-c2ccccc2Cl)cc2cc([N+](=O)[O-])ccc21. The van der Waals surface area contributed by atoms with Gasteiger partial charge in [0.25, 0.3) is 5.69 Å². The van der Waals surface area contributed by atoms with E-state index in [1.807, 2.05) is 73.7 Å². The van der Waals surface area contributed by atoms with Crippen LogP contribution in [0.4, 0.5) is 11.4 Å². The van der Waals surface area contributed by atoms with Gasteiger partial charge in [0.1, 0.15) is 0 Å². The second-order valence-electron chi connectivity index (χ2n) is 9.33. The van der Waals surface area contributed by atoms with Gasteiger partial charge in [-0.15, -0.1) is 0 Å². The molecule has 0 amide bonds. The maximum absolute atomic E-state index is 10.9. The van der Waals surface area contributed by atoms with Gasteiger partial charge in [0.05, 0.1) is 16.3 Å². The summed E-state index contributed by atoms with van der Waals surface area (Å²) in [7, 11) is 0. The average molecular weight is 572 g/mol. The molecule has 8 heteroatoms. The quantitative estimate of drug-likeness (QED) is 0.127. The molecule has 0 unspecified atom stereocenters. The zero-order valence-corrected chi connectivity index (χ0v) is 23.7. The summed E-state index contributed by atoms with van der Waals surface area (Å²) in [5, 5.41) is 14.3. The number of aryl methyl sites for hydroxylation is 2. The summed E-state index contributed by atoms with van der Waals surface area (Å²) in [5.41, 5.74) is 13.0. The normalized spacial score (nSPS) is 11.0. The summed E-state index contributed by atoms with van der Waals surface area (Å²) in [4.78, 5) is 10.5. The van der Waals surface area contributed by atoms with Crippen molar-refractivity contribution in [3.8, 4) is 22.5 Å². The van der Waals surface area contributed by atoms with Crippen LogP contribution in [0.3, 0.4) is 0 Å². The topological polar surface area (TPSA) is 79.0 Å². The Bertz CT molecular complexity index is 1860. The number of aromatic nitrogens is 2. The van der Waals surface area contributed by atoms with Gasteiger partial charge in [0.2, 0.25) is 0 Å². The molecule has 6 rings (SSSR count). The van der Waals surface area contributed by atoms with Gasteiger partial charge in [-0.05, 0) is 62.4 Å². The van der Waals surface area contributed by atoms with E-state index in [0.717, 1.165) is 62.6 Å². The first-order valence-electron chi connectivity index (χ1n) is 13.0. The molecule has 0 saturated carbocycles. The summed E-state index contributed by atoms with van der Waals surface area (Å²) in [6, 6.07) is 30.6. The molecule has 2 N–H and O–H groups in total. The van der Waals surface area contributed by atoms with Gasteiger partial charge < -0.3 is 14.9 Å². The first-order valence-corrected chi connectivity index (χ1v) is 13.7. The third kappa shape index (κ3) is 5.16. The van der Waals surface area contributed by atoms with E-state index in [1.54, 1.807) is 12.1 Å². The largest absolute Gasteiger partial charge is 0.399 e. The van der Waals surface area contributed by atoms with E-state index >= 15 is 0 Å². The van der Waals surface area contributed by atoms with E-state index < -0.39 is 0 Å². The minimum Gasteiger partial charge on any atom is -0.399 e. The van der Waals surface area contributed by atoms with E-state index in [4.69, 9.17) is 28.9 Å². The number of halogens is 2. The zero-order chi connectivity index (χ0) is 28.4. The standard InChI is InChI=1S/C16H13ClN2O2.C16H15ClN2/c1-2-18-15-8-7-12(19(20)21)9-11(15)10-16(18)13-5-3-4-6-14(13)17;1-2-19-15-8-7-12(18)9-11(15)10-16(19)13-5-3-4-6-14(13)17/h3-10H,2H2,1H3;3-10H,2,18H2,1H3. The maximum Gasteiger partial charge on any atom is 0.270 e. The van der Waals surface area contributed by atoms with Crippen molar-refractivity contribution in [2.45, 2.75) is 26.9 Å². The molecule has 2 aromatic heterocycles.